The number of esters is 3. The van der Waals surface area contributed by atoms with Gasteiger partial charge in [-0.3, -0.25) is 14.4 Å². The Kier molecular flexibility index (Phi) is 60.2. The van der Waals surface area contributed by atoms with E-state index in [9.17, 15) is 14.4 Å². The van der Waals surface area contributed by atoms with Crippen molar-refractivity contribution in [3.8, 4) is 0 Å². The number of rotatable bonds is 60. The van der Waals surface area contributed by atoms with Crippen LogP contribution in [0, 0.1) is 0 Å². The molecule has 0 aliphatic heterocycles. The first-order valence-electron chi connectivity index (χ1n) is 32.5. The van der Waals surface area contributed by atoms with Crippen LogP contribution < -0.4 is 0 Å². The summed E-state index contributed by atoms with van der Waals surface area (Å²) in [5.74, 6) is -0.869. The van der Waals surface area contributed by atoms with Crippen molar-refractivity contribution in [2.24, 2.45) is 0 Å². The Hall–Kier alpha value is -2.37. The maximum atomic E-state index is 12.9. The zero-order chi connectivity index (χ0) is 52.9. The highest BCUT2D eigenvalue weighted by Gasteiger charge is 2.19. The van der Waals surface area contributed by atoms with Crippen molar-refractivity contribution < 1.29 is 28.6 Å². The fourth-order valence-electron chi connectivity index (χ4n) is 9.71. The van der Waals surface area contributed by atoms with Gasteiger partial charge in [-0.2, -0.15) is 0 Å². The SMILES string of the molecule is CCCCCC/C=C\C/C=C\CCCCCCCC(=O)OCC(COC(=O)CCCCCCCCCCCCCCCCCCCCCCCC)OC(=O)CCCCCCCCC/C=C\CCCCCCCC. The smallest absolute Gasteiger partial charge is 0.306 e. The molecule has 0 fully saturated rings. The van der Waals surface area contributed by atoms with Gasteiger partial charge in [0, 0.05) is 19.3 Å². The number of allylic oxidation sites excluding steroid dienone is 6. The fraction of sp³-hybridized carbons (Fsp3) is 0.866. The zero-order valence-electron chi connectivity index (χ0n) is 49.2. The van der Waals surface area contributed by atoms with Crippen LogP contribution in [-0.2, 0) is 28.6 Å². The summed E-state index contributed by atoms with van der Waals surface area (Å²) in [4.78, 5) is 38.3. The minimum Gasteiger partial charge on any atom is -0.462 e. The van der Waals surface area contributed by atoms with Crippen LogP contribution >= 0.6 is 0 Å². The molecule has 0 aliphatic rings. The number of unbranched alkanes of at least 4 members (excludes halogenated alkanes) is 43. The van der Waals surface area contributed by atoms with E-state index in [-0.39, 0.29) is 31.1 Å². The lowest BCUT2D eigenvalue weighted by molar-refractivity contribution is -0.167. The summed E-state index contributed by atoms with van der Waals surface area (Å²) >= 11 is 0. The molecule has 0 rings (SSSR count). The van der Waals surface area contributed by atoms with Gasteiger partial charge in [0.25, 0.3) is 0 Å². The summed E-state index contributed by atoms with van der Waals surface area (Å²) < 4.78 is 16.9. The van der Waals surface area contributed by atoms with E-state index in [1.54, 1.807) is 0 Å². The minimum atomic E-state index is -0.779. The van der Waals surface area contributed by atoms with E-state index >= 15 is 0 Å². The molecule has 6 nitrogen and oxygen atoms in total. The molecule has 1 unspecified atom stereocenters. The Bertz CT molecular complexity index is 1220. The Morgan fingerprint density at radius 1 is 0.274 bits per heavy atom. The first-order chi connectivity index (χ1) is 36.0. The lowest BCUT2D eigenvalue weighted by Crippen LogP contribution is -2.30. The number of carbonyl (C=O) groups is 3. The average molecular weight is 1030 g/mol. The summed E-state index contributed by atoms with van der Waals surface area (Å²) in [5.41, 5.74) is 0. The third kappa shape index (κ3) is 60.4. The van der Waals surface area contributed by atoms with E-state index in [1.165, 1.54) is 238 Å². The summed E-state index contributed by atoms with van der Waals surface area (Å²) in [6, 6.07) is 0. The van der Waals surface area contributed by atoms with Gasteiger partial charge in [-0.25, -0.2) is 0 Å². The lowest BCUT2D eigenvalue weighted by Gasteiger charge is -2.18. The van der Waals surface area contributed by atoms with Crippen LogP contribution in [0.4, 0.5) is 0 Å². The van der Waals surface area contributed by atoms with Crippen LogP contribution in [0.15, 0.2) is 36.5 Å². The van der Waals surface area contributed by atoms with E-state index in [0.29, 0.717) is 19.3 Å². The predicted octanol–water partition coefficient (Wildman–Crippen LogP) is 22.0. The first kappa shape index (κ1) is 70.6. The van der Waals surface area contributed by atoms with Crippen LogP contribution in [0.2, 0.25) is 0 Å². The maximum Gasteiger partial charge on any atom is 0.306 e. The zero-order valence-corrected chi connectivity index (χ0v) is 49.2. The molecule has 0 aromatic heterocycles. The fourth-order valence-corrected chi connectivity index (χ4v) is 9.71. The van der Waals surface area contributed by atoms with Gasteiger partial charge in [0.15, 0.2) is 6.10 Å². The monoisotopic (exact) mass is 1020 g/mol. The second-order valence-corrected chi connectivity index (χ2v) is 22.0. The molecule has 0 aliphatic carbocycles. The van der Waals surface area contributed by atoms with Crippen molar-refractivity contribution in [3.63, 3.8) is 0 Å². The molecule has 0 N–H and O–H groups in total. The topological polar surface area (TPSA) is 78.9 Å². The minimum absolute atomic E-state index is 0.0742. The Morgan fingerprint density at radius 2 is 0.493 bits per heavy atom. The molecule has 0 amide bonds. The molecule has 0 saturated carbocycles. The van der Waals surface area contributed by atoms with Crippen LogP contribution in [0.1, 0.15) is 355 Å². The predicted molar refractivity (Wildman–Crippen MR) is 316 cm³/mol. The third-order valence-corrected chi connectivity index (χ3v) is 14.6. The summed E-state index contributed by atoms with van der Waals surface area (Å²) in [6.07, 6.45) is 75.8. The van der Waals surface area contributed by atoms with Crippen molar-refractivity contribution in [2.75, 3.05) is 13.2 Å². The largest absolute Gasteiger partial charge is 0.462 e. The molecule has 0 heterocycles. The molecule has 0 aromatic carbocycles. The molecule has 73 heavy (non-hydrogen) atoms. The van der Waals surface area contributed by atoms with Gasteiger partial charge in [-0.1, -0.05) is 295 Å². The van der Waals surface area contributed by atoms with E-state index in [0.717, 1.165) is 77.0 Å². The van der Waals surface area contributed by atoms with Gasteiger partial charge in [0.1, 0.15) is 13.2 Å². The van der Waals surface area contributed by atoms with Gasteiger partial charge in [0.2, 0.25) is 0 Å². The summed E-state index contributed by atoms with van der Waals surface area (Å²) in [6.45, 7) is 6.67. The Labute approximate surface area is 455 Å². The van der Waals surface area contributed by atoms with Gasteiger partial charge in [-0.05, 0) is 77.0 Å². The van der Waals surface area contributed by atoms with E-state index in [4.69, 9.17) is 14.2 Å². The lowest BCUT2D eigenvalue weighted by atomic mass is 10.0. The Morgan fingerprint density at radius 3 is 0.781 bits per heavy atom. The second kappa shape index (κ2) is 62.2. The molecular formula is C67H124O6. The van der Waals surface area contributed by atoms with Crippen LogP contribution in [0.3, 0.4) is 0 Å². The van der Waals surface area contributed by atoms with Crippen molar-refractivity contribution in [3.05, 3.63) is 36.5 Å². The van der Waals surface area contributed by atoms with Gasteiger partial charge in [-0.15, -0.1) is 0 Å². The highest BCUT2D eigenvalue weighted by Crippen LogP contribution is 2.17. The van der Waals surface area contributed by atoms with Crippen molar-refractivity contribution in [2.45, 2.75) is 361 Å². The molecule has 1 atom stereocenters. The van der Waals surface area contributed by atoms with Gasteiger partial charge < -0.3 is 14.2 Å². The molecular weight excluding hydrogens is 901 g/mol. The normalized spacial score (nSPS) is 12.2. The van der Waals surface area contributed by atoms with Crippen LogP contribution in [0.5, 0.6) is 0 Å². The third-order valence-electron chi connectivity index (χ3n) is 14.6. The number of carbonyl (C=O) groups excluding carboxylic acids is 3. The second-order valence-electron chi connectivity index (χ2n) is 22.0. The molecule has 0 aromatic rings. The molecule has 0 spiro atoms. The van der Waals surface area contributed by atoms with Gasteiger partial charge >= 0.3 is 17.9 Å². The molecule has 6 heteroatoms. The highest BCUT2D eigenvalue weighted by atomic mass is 16.6. The molecule has 428 valence electrons. The highest BCUT2D eigenvalue weighted by molar-refractivity contribution is 5.71. The van der Waals surface area contributed by atoms with E-state index in [1.807, 2.05) is 0 Å². The molecule has 0 radical (unpaired) electrons. The average Bonchev–Trinajstić information content (AvgIpc) is 3.39. The number of ether oxygens (including phenoxy) is 3. The van der Waals surface area contributed by atoms with Crippen LogP contribution in [0.25, 0.3) is 0 Å². The quantitative estimate of drug-likeness (QED) is 0.0261. The molecule has 0 saturated heterocycles. The van der Waals surface area contributed by atoms with E-state index in [2.05, 4.69) is 57.2 Å². The standard InChI is InChI=1S/C67H124O6/c1-4-7-10-13-16-19-22-25-28-31-32-33-34-35-37-39-42-45-48-51-54-57-60-66(69)72-63-64(62-71-65(68)59-56-53-50-47-44-41-38-30-27-24-21-18-15-12-9-6-3)73-67(70)61-58-55-52-49-46-43-40-36-29-26-23-20-17-14-11-8-5-2/h21,24,26,29-30,38,64H,4-20,22-23,25,27-28,31-37,39-63H2,1-3H3/b24-21-,29-26-,38-30-. The van der Waals surface area contributed by atoms with Gasteiger partial charge in [0.05, 0.1) is 0 Å². The van der Waals surface area contributed by atoms with E-state index < -0.39 is 6.10 Å². The number of hydrogen-bond acceptors (Lipinski definition) is 6. The first-order valence-corrected chi connectivity index (χ1v) is 32.5. The molecule has 0 bridgehead atoms. The van der Waals surface area contributed by atoms with Crippen LogP contribution in [-0.4, -0.2) is 37.2 Å². The van der Waals surface area contributed by atoms with Crippen molar-refractivity contribution in [1.82, 2.24) is 0 Å². The summed E-state index contributed by atoms with van der Waals surface area (Å²) in [5, 5.41) is 0. The maximum absolute atomic E-state index is 12.9. The number of hydrogen-bond donors (Lipinski definition) is 0. The van der Waals surface area contributed by atoms with Crippen molar-refractivity contribution >= 4 is 17.9 Å². The Balaban J connectivity index is 4.31. The van der Waals surface area contributed by atoms with Crippen molar-refractivity contribution in [1.29, 1.82) is 0 Å². The summed E-state index contributed by atoms with van der Waals surface area (Å²) in [7, 11) is 0.